The van der Waals surface area contributed by atoms with E-state index in [9.17, 15) is 8.78 Å². The summed E-state index contributed by atoms with van der Waals surface area (Å²) in [6.07, 6.45) is -2.44. The first-order valence-electron chi connectivity index (χ1n) is 3.67. The van der Waals surface area contributed by atoms with Crippen molar-refractivity contribution in [3.63, 3.8) is 0 Å². The lowest BCUT2D eigenvalue weighted by atomic mass is 10.2. The molecule has 1 aromatic carbocycles. The standard InChI is InChI=1S/C8H6F2N2S/c9-7(10)4-1-2-5-6(3-4)12-8(13)11-5/h1-3,7H,(H2,11,12,13). The van der Waals surface area contributed by atoms with Crippen molar-refractivity contribution in [1.82, 2.24) is 9.97 Å². The number of aromatic amines is 2. The number of aromatic nitrogens is 2. The van der Waals surface area contributed by atoms with E-state index in [0.717, 1.165) is 5.52 Å². The molecule has 2 nitrogen and oxygen atoms in total. The van der Waals surface area contributed by atoms with Crippen molar-refractivity contribution in [2.75, 3.05) is 0 Å². The third kappa shape index (κ3) is 1.47. The summed E-state index contributed by atoms with van der Waals surface area (Å²) >= 11 is 4.82. The second kappa shape index (κ2) is 2.92. The van der Waals surface area contributed by atoms with Gasteiger partial charge in [0.25, 0.3) is 6.43 Å². The van der Waals surface area contributed by atoms with Crippen LogP contribution in [0.2, 0.25) is 0 Å². The van der Waals surface area contributed by atoms with E-state index in [1.165, 1.54) is 12.1 Å². The molecule has 0 aliphatic heterocycles. The summed E-state index contributed by atoms with van der Waals surface area (Å²) in [5, 5.41) is 0. The molecule has 68 valence electrons. The summed E-state index contributed by atoms with van der Waals surface area (Å²) in [7, 11) is 0. The number of fused-ring (bicyclic) bond motifs is 1. The lowest BCUT2D eigenvalue weighted by Crippen LogP contribution is -1.82. The van der Waals surface area contributed by atoms with Gasteiger partial charge < -0.3 is 9.97 Å². The molecule has 0 aliphatic carbocycles. The van der Waals surface area contributed by atoms with Gasteiger partial charge in [-0.3, -0.25) is 0 Å². The van der Waals surface area contributed by atoms with E-state index in [-0.39, 0.29) is 5.56 Å². The largest absolute Gasteiger partial charge is 0.331 e. The number of benzene rings is 1. The molecular weight excluding hydrogens is 194 g/mol. The highest BCUT2D eigenvalue weighted by Gasteiger charge is 2.07. The van der Waals surface area contributed by atoms with Crippen molar-refractivity contribution in [3.05, 3.63) is 28.5 Å². The monoisotopic (exact) mass is 200 g/mol. The highest BCUT2D eigenvalue weighted by atomic mass is 32.1. The lowest BCUT2D eigenvalue weighted by molar-refractivity contribution is 0.151. The van der Waals surface area contributed by atoms with Crippen molar-refractivity contribution < 1.29 is 8.78 Å². The van der Waals surface area contributed by atoms with Crippen LogP contribution in [0.15, 0.2) is 18.2 Å². The van der Waals surface area contributed by atoms with Crippen molar-refractivity contribution in [1.29, 1.82) is 0 Å². The molecule has 0 amide bonds. The zero-order valence-electron chi connectivity index (χ0n) is 6.47. The summed E-state index contributed by atoms with van der Waals surface area (Å²) in [6, 6.07) is 4.36. The Kier molecular flexibility index (Phi) is 1.88. The van der Waals surface area contributed by atoms with Crippen LogP contribution in [0.4, 0.5) is 8.78 Å². The van der Waals surface area contributed by atoms with Gasteiger partial charge in [0.1, 0.15) is 0 Å². The van der Waals surface area contributed by atoms with Gasteiger partial charge in [0.15, 0.2) is 4.77 Å². The lowest BCUT2D eigenvalue weighted by Gasteiger charge is -1.97. The first-order valence-corrected chi connectivity index (χ1v) is 4.08. The third-order valence-electron chi connectivity index (χ3n) is 1.79. The predicted octanol–water partition coefficient (Wildman–Crippen LogP) is 3.16. The Morgan fingerprint density at radius 2 is 1.85 bits per heavy atom. The van der Waals surface area contributed by atoms with Gasteiger partial charge in [0, 0.05) is 5.56 Å². The number of H-pyrrole nitrogens is 2. The first-order chi connectivity index (χ1) is 6.16. The molecule has 0 saturated carbocycles. The van der Waals surface area contributed by atoms with Crippen LogP contribution in [0, 0.1) is 4.77 Å². The summed E-state index contributed by atoms with van der Waals surface area (Å²) in [5.41, 5.74) is 1.36. The molecule has 1 heterocycles. The number of hydrogen-bond donors (Lipinski definition) is 2. The number of nitrogens with one attached hydrogen (secondary N) is 2. The predicted molar refractivity (Wildman–Crippen MR) is 48.4 cm³/mol. The number of halogens is 2. The fourth-order valence-corrected chi connectivity index (χ4v) is 1.41. The molecule has 0 aliphatic rings. The van der Waals surface area contributed by atoms with E-state index >= 15 is 0 Å². The summed E-state index contributed by atoms with van der Waals surface area (Å²) in [5.74, 6) is 0. The maximum absolute atomic E-state index is 12.3. The van der Waals surface area contributed by atoms with Crippen LogP contribution in [0.25, 0.3) is 11.0 Å². The third-order valence-corrected chi connectivity index (χ3v) is 2.00. The van der Waals surface area contributed by atoms with E-state index in [4.69, 9.17) is 12.2 Å². The molecule has 0 fully saturated rings. The SMILES string of the molecule is FC(F)c1ccc2[nH]c(=S)[nH]c2c1. The molecule has 1 aromatic heterocycles. The molecule has 2 rings (SSSR count). The minimum Gasteiger partial charge on any atom is -0.331 e. The quantitative estimate of drug-likeness (QED) is 0.681. The Balaban J connectivity index is 2.68. The first kappa shape index (κ1) is 8.37. The van der Waals surface area contributed by atoms with Gasteiger partial charge in [-0.05, 0) is 24.4 Å². The molecule has 0 radical (unpaired) electrons. The molecule has 0 atom stereocenters. The van der Waals surface area contributed by atoms with E-state index < -0.39 is 6.43 Å². The van der Waals surface area contributed by atoms with Gasteiger partial charge >= 0.3 is 0 Å². The summed E-state index contributed by atoms with van der Waals surface area (Å²) in [6.45, 7) is 0. The number of alkyl halides is 2. The smallest absolute Gasteiger partial charge is 0.263 e. The molecule has 2 N–H and O–H groups in total. The van der Waals surface area contributed by atoms with Crippen LogP contribution < -0.4 is 0 Å². The number of hydrogen-bond acceptors (Lipinski definition) is 1. The molecule has 0 bridgehead atoms. The average molecular weight is 200 g/mol. The zero-order valence-corrected chi connectivity index (χ0v) is 7.29. The Bertz CT molecular complexity index is 486. The molecular formula is C8H6F2N2S. The van der Waals surface area contributed by atoms with Gasteiger partial charge in [0.05, 0.1) is 11.0 Å². The maximum Gasteiger partial charge on any atom is 0.263 e. The highest BCUT2D eigenvalue weighted by molar-refractivity contribution is 7.71. The topological polar surface area (TPSA) is 31.6 Å². The highest BCUT2D eigenvalue weighted by Crippen LogP contribution is 2.21. The van der Waals surface area contributed by atoms with Crippen LogP contribution >= 0.6 is 12.2 Å². The molecule has 0 unspecified atom stereocenters. The second-order valence-electron chi connectivity index (χ2n) is 2.68. The van der Waals surface area contributed by atoms with Crippen molar-refractivity contribution >= 4 is 23.3 Å². The average Bonchev–Trinajstić information content (AvgIpc) is 2.42. The van der Waals surface area contributed by atoms with Crippen LogP contribution in [0.3, 0.4) is 0 Å². The second-order valence-corrected chi connectivity index (χ2v) is 3.09. The maximum atomic E-state index is 12.3. The normalized spacial score (nSPS) is 11.3. The molecule has 0 spiro atoms. The number of rotatable bonds is 1. The van der Waals surface area contributed by atoms with Gasteiger partial charge in [-0.2, -0.15) is 0 Å². The minimum absolute atomic E-state index is 0.00208. The Morgan fingerprint density at radius 3 is 2.54 bits per heavy atom. The van der Waals surface area contributed by atoms with E-state index in [2.05, 4.69) is 9.97 Å². The van der Waals surface area contributed by atoms with Gasteiger partial charge in [-0.25, -0.2) is 8.78 Å². The fourth-order valence-electron chi connectivity index (χ4n) is 1.19. The van der Waals surface area contributed by atoms with Crippen molar-refractivity contribution in [2.45, 2.75) is 6.43 Å². The van der Waals surface area contributed by atoms with Crippen molar-refractivity contribution in [2.24, 2.45) is 0 Å². The number of imidazole rings is 1. The van der Waals surface area contributed by atoms with Crippen LogP contribution in [0.1, 0.15) is 12.0 Å². The molecule has 2 aromatic rings. The van der Waals surface area contributed by atoms with E-state index in [1.54, 1.807) is 6.07 Å². The summed E-state index contributed by atoms with van der Waals surface area (Å²) in [4.78, 5) is 5.62. The molecule has 13 heavy (non-hydrogen) atoms. The van der Waals surface area contributed by atoms with Gasteiger partial charge in [0.2, 0.25) is 0 Å². The van der Waals surface area contributed by atoms with Gasteiger partial charge in [-0.15, -0.1) is 0 Å². The van der Waals surface area contributed by atoms with Gasteiger partial charge in [-0.1, -0.05) is 6.07 Å². The van der Waals surface area contributed by atoms with Crippen LogP contribution in [0.5, 0.6) is 0 Å². The fraction of sp³-hybridized carbons (Fsp3) is 0.125. The minimum atomic E-state index is -2.44. The van der Waals surface area contributed by atoms with Crippen LogP contribution in [-0.2, 0) is 0 Å². The summed E-state index contributed by atoms with van der Waals surface area (Å²) < 4.78 is 24.9. The molecule has 5 heteroatoms. The van der Waals surface area contributed by atoms with E-state index in [1.807, 2.05) is 0 Å². The van der Waals surface area contributed by atoms with E-state index in [0.29, 0.717) is 10.3 Å². The Hall–Kier alpha value is -1.23. The van der Waals surface area contributed by atoms with Crippen molar-refractivity contribution in [3.8, 4) is 0 Å². The zero-order chi connectivity index (χ0) is 9.42. The Morgan fingerprint density at radius 1 is 1.15 bits per heavy atom. The van der Waals surface area contributed by atoms with Crippen LogP contribution in [-0.4, -0.2) is 9.97 Å². The molecule has 0 saturated heterocycles. The Labute approximate surface area is 77.6 Å².